The number of carbonyl (C=O) groups excluding carboxylic acids is 1. The summed E-state index contributed by atoms with van der Waals surface area (Å²) in [4.78, 5) is 16.0. The molecule has 1 rings (SSSR count). The first kappa shape index (κ1) is 14.9. The van der Waals surface area contributed by atoms with Gasteiger partial charge in [0.1, 0.15) is 0 Å². The van der Waals surface area contributed by atoms with Crippen molar-refractivity contribution in [2.24, 2.45) is 0 Å². The summed E-state index contributed by atoms with van der Waals surface area (Å²) in [5.41, 5.74) is 0.190. The van der Waals surface area contributed by atoms with Crippen molar-refractivity contribution in [3.63, 3.8) is 0 Å². The number of aliphatic hydroxyl groups excluding tert-OH is 1. The molecular weight excluding hydrogens is 319 g/mol. The Morgan fingerprint density at radius 1 is 1.44 bits per heavy atom. The van der Waals surface area contributed by atoms with Crippen molar-refractivity contribution < 1.29 is 27.9 Å². The second-order valence-electron chi connectivity index (χ2n) is 3.16. The zero-order chi connectivity index (χ0) is 13.8. The van der Waals surface area contributed by atoms with Gasteiger partial charge in [0, 0.05) is 4.47 Å². The number of hydrogen-bond acceptors (Lipinski definition) is 3. The van der Waals surface area contributed by atoms with Gasteiger partial charge in [-0.2, -0.15) is 13.2 Å². The molecule has 100 valence electrons. The van der Waals surface area contributed by atoms with Crippen molar-refractivity contribution in [2.45, 2.75) is 6.18 Å². The normalized spacial score (nSPS) is 11.4. The molecule has 0 atom stereocenters. The topological polar surface area (TPSA) is 58.6 Å². The average molecular weight is 328 g/mol. The fourth-order valence-corrected chi connectivity index (χ4v) is 1.75. The Morgan fingerprint density at radius 2 is 2.11 bits per heavy atom. The SMILES string of the molecule is O=C(NOCCO)c1c(Br)cccc1C(F)(F)F. The largest absolute Gasteiger partial charge is 0.417 e. The van der Waals surface area contributed by atoms with Crippen LogP contribution in [-0.4, -0.2) is 24.2 Å². The van der Waals surface area contributed by atoms with Gasteiger partial charge in [0.15, 0.2) is 0 Å². The van der Waals surface area contributed by atoms with Crippen LogP contribution < -0.4 is 5.48 Å². The molecule has 0 saturated carbocycles. The van der Waals surface area contributed by atoms with Crippen LogP contribution >= 0.6 is 15.9 Å². The molecule has 1 aromatic rings. The van der Waals surface area contributed by atoms with Crippen molar-refractivity contribution in [1.82, 2.24) is 5.48 Å². The van der Waals surface area contributed by atoms with Crippen LogP contribution in [0.5, 0.6) is 0 Å². The first-order valence-electron chi connectivity index (χ1n) is 4.76. The summed E-state index contributed by atoms with van der Waals surface area (Å²) in [7, 11) is 0. The Kier molecular flexibility index (Phi) is 5.12. The highest BCUT2D eigenvalue weighted by Crippen LogP contribution is 2.34. The predicted molar refractivity (Wildman–Crippen MR) is 59.6 cm³/mol. The van der Waals surface area contributed by atoms with E-state index < -0.39 is 23.2 Å². The van der Waals surface area contributed by atoms with Gasteiger partial charge in [-0.15, -0.1) is 0 Å². The molecule has 0 aromatic heterocycles. The number of aliphatic hydroxyl groups is 1. The van der Waals surface area contributed by atoms with Crippen LogP contribution in [0.4, 0.5) is 13.2 Å². The molecule has 0 unspecified atom stereocenters. The molecule has 0 radical (unpaired) electrons. The number of alkyl halides is 3. The molecule has 0 aliphatic rings. The van der Waals surface area contributed by atoms with E-state index in [4.69, 9.17) is 5.11 Å². The molecule has 0 aliphatic carbocycles. The molecule has 0 fully saturated rings. The Balaban J connectivity index is 3.03. The lowest BCUT2D eigenvalue weighted by Crippen LogP contribution is -2.28. The van der Waals surface area contributed by atoms with Gasteiger partial charge in [-0.3, -0.25) is 9.63 Å². The third-order valence-corrected chi connectivity index (χ3v) is 2.57. The van der Waals surface area contributed by atoms with Gasteiger partial charge in [0.05, 0.1) is 24.3 Å². The van der Waals surface area contributed by atoms with E-state index in [1.54, 1.807) is 0 Å². The van der Waals surface area contributed by atoms with E-state index in [1.165, 1.54) is 12.1 Å². The van der Waals surface area contributed by atoms with E-state index in [2.05, 4.69) is 20.8 Å². The summed E-state index contributed by atoms with van der Waals surface area (Å²) in [6.07, 6.45) is -4.65. The summed E-state index contributed by atoms with van der Waals surface area (Å²) in [5.74, 6) is -1.04. The number of benzene rings is 1. The Labute approximate surface area is 109 Å². The minimum absolute atomic E-state index is 0.00224. The van der Waals surface area contributed by atoms with E-state index >= 15 is 0 Å². The van der Waals surface area contributed by atoms with E-state index in [0.29, 0.717) is 0 Å². The minimum atomic E-state index is -4.65. The van der Waals surface area contributed by atoms with Gasteiger partial charge < -0.3 is 5.11 Å². The highest BCUT2D eigenvalue weighted by molar-refractivity contribution is 9.10. The fourth-order valence-electron chi connectivity index (χ4n) is 1.20. The molecule has 0 heterocycles. The number of amides is 1. The summed E-state index contributed by atoms with van der Waals surface area (Å²) >= 11 is 2.88. The monoisotopic (exact) mass is 327 g/mol. The molecule has 0 aliphatic heterocycles. The lowest BCUT2D eigenvalue weighted by molar-refractivity contribution is -0.138. The number of nitrogens with one attached hydrogen (secondary N) is 1. The highest BCUT2D eigenvalue weighted by atomic mass is 79.9. The van der Waals surface area contributed by atoms with E-state index in [-0.39, 0.29) is 17.7 Å². The number of carbonyl (C=O) groups is 1. The first-order chi connectivity index (χ1) is 8.38. The van der Waals surface area contributed by atoms with Crippen LogP contribution in [0.2, 0.25) is 0 Å². The lowest BCUT2D eigenvalue weighted by atomic mass is 10.1. The number of rotatable bonds is 4. The Bertz CT molecular complexity index is 437. The van der Waals surface area contributed by atoms with E-state index in [1.807, 2.05) is 5.48 Å². The minimum Gasteiger partial charge on any atom is -0.394 e. The molecular formula is C10H9BrF3NO3. The second kappa shape index (κ2) is 6.17. The maximum absolute atomic E-state index is 12.7. The van der Waals surface area contributed by atoms with Crippen molar-refractivity contribution in [3.8, 4) is 0 Å². The molecule has 18 heavy (non-hydrogen) atoms. The molecule has 1 aromatic carbocycles. The molecule has 2 N–H and O–H groups in total. The quantitative estimate of drug-likeness (QED) is 0.658. The molecule has 8 heteroatoms. The molecule has 0 bridgehead atoms. The van der Waals surface area contributed by atoms with E-state index in [9.17, 15) is 18.0 Å². The summed E-state index contributed by atoms with van der Waals surface area (Å²) in [5, 5.41) is 8.42. The van der Waals surface area contributed by atoms with Gasteiger partial charge in [0.2, 0.25) is 0 Å². The van der Waals surface area contributed by atoms with Crippen molar-refractivity contribution >= 4 is 21.8 Å². The van der Waals surface area contributed by atoms with Crippen LogP contribution in [0.25, 0.3) is 0 Å². The molecule has 0 spiro atoms. The first-order valence-corrected chi connectivity index (χ1v) is 5.56. The van der Waals surface area contributed by atoms with Gasteiger partial charge in [-0.05, 0) is 28.1 Å². The van der Waals surface area contributed by atoms with Gasteiger partial charge in [-0.25, -0.2) is 5.48 Å². The van der Waals surface area contributed by atoms with Crippen LogP contribution in [-0.2, 0) is 11.0 Å². The lowest BCUT2D eigenvalue weighted by Gasteiger charge is -2.13. The van der Waals surface area contributed by atoms with Crippen molar-refractivity contribution in [1.29, 1.82) is 0 Å². The maximum atomic E-state index is 12.7. The molecule has 4 nitrogen and oxygen atoms in total. The number of hydrogen-bond donors (Lipinski definition) is 2. The maximum Gasteiger partial charge on any atom is 0.417 e. The summed E-state index contributed by atoms with van der Waals surface area (Å²) in [6.45, 7) is -0.570. The van der Waals surface area contributed by atoms with E-state index in [0.717, 1.165) is 6.07 Å². The Hall–Kier alpha value is -1.12. The zero-order valence-corrected chi connectivity index (χ0v) is 10.5. The van der Waals surface area contributed by atoms with Crippen LogP contribution in [0.1, 0.15) is 15.9 Å². The Morgan fingerprint density at radius 3 is 2.67 bits per heavy atom. The molecule has 0 saturated heterocycles. The summed E-state index contributed by atoms with van der Waals surface area (Å²) in [6, 6.07) is 3.29. The third kappa shape index (κ3) is 3.69. The number of hydroxylamine groups is 1. The third-order valence-electron chi connectivity index (χ3n) is 1.90. The van der Waals surface area contributed by atoms with Gasteiger partial charge >= 0.3 is 6.18 Å². The standard InChI is InChI=1S/C10H9BrF3NO3/c11-7-3-1-2-6(10(12,13)14)8(7)9(17)15-18-5-4-16/h1-3,16H,4-5H2,(H,15,17). The van der Waals surface area contributed by atoms with Crippen molar-refractivity contribution in [2.75, 3.05) is 13.2 Å². The summed E-state index contributed by atoms with van der Waals surface area (Å²) < 4.78 is 38.1. The second-order valence-corrected chi connectivity index (χ2v) is 4.02. The van der Waals surface area contributed by atoms with Gasteiger partial charge in [0.25, 0.3) is 5.91 Å². The van der Waals surface area contributed by atoms with Crippen LogP contribution in [0.3, 0.4) is 0 Å². The predicted octanol–water partition coefficient (Wildman–Crippen LogP) is 2.12. The van der Waals surface area contributed by atoms with Crippen LogP contribution in [0.15, 0.2) is 22.7 Å². The van der Waals surface area contributed by atoms with Crippen LogP contribution in [0, 0.1) is 0 Å². The fraction of sp³-hybridized carbons (Fsp3) is 0.300. The molecule has 1 amide bonds. The smallest absolute Gasteiger partial charge is 0.394 e. The number of halogens is 4. The average Bonchev–Trinajstić information content (AvgIpc) is 2.27. The van der Waals surface area contributed by atoms with Crippen molar-refractivity contribution in [3.05, 3.63) is 33.8 Å². The van der Waals surface area contributed by atoms with Gasteiger partial charge in [-0.1, -0.05) is 6.07 Å². The highest BCUT2D eigenvalue weighted by Gasteiger charge is 2.36. The zero-order valence-electron chi connectivity index (χ0n) is 8.92.